The summed E-state index contributed by atoms with van der Waals surface area (Å²) in [5.41, 5.74) is 0.659. The second-order valence-corrected chi connectivity index (χ2v) is 5.99. The lowest BCUT2D eigenvalue weighted by Crippen LogP contribution is -2.18. The van der Waals surface area contributed by atoms with E-state index < -0.39 is 22.7 Å². The second kappa shape index (κ2) is 7.04. The zero-order valence-corrected chi connectivity index (χ0v) is 12.4. The van der Waals surface area contributed by atoms with Gasteiger partial charge >= 0.3 is 5.97 Å². The molecule has 4 nitrogen and oxygen atoms in total. The SMILES string of the molecule is COc1ccc(S(=O)CC(C(=O)O)c2ccccc2)cc1. The first kappa shape index (κ1) is 15.3. The predicted octanol–water partition coefficient (Wildman–Crippen LogP) is 2.67. The highest BCUT2D eigenvalue weighted by molar-refractivity contribution is 7.85. The van der Waals surface area contributed by atoms with Gasteiger partial charge < -0.3 is 9.84 Å². The van der Waals surface area contributed by atoms with Crippen LogP contribution in [-0.2, 0) is 15.6 Å². The highest BCUT2D eigenvalue weighted by Gasteiger charge is 2.23. The molecule has 0 saturated heterocycles. The number of hydrogen-bond donors (Lipinski definition) is 1. The van der Waals surface area contributed by atoms with E-state index in [0.717, 1.165) is 0 Å². The predicted molar refractivity (Wildman–Crippen MR) is 81.1 cm³/mol. The molecule has 0 aromatic heterocycles. The first-order valence-corrected chi connectivity index (χ1v) is 7.74. The number of aliphatic carboxylic acids is 1. The zero-order chi connectivity index (χ0) is 15.2. The normalized spacial score (nSPS) is 13.4. The molecule has 0 aliphatic carbocycles. The van der Waals surface area contributed by atoms with Crippen LogP contribution in [0.1, 0.15) is 11.5 Å². The van der Waals surface area contributed by atoms with E-state index in [1.54, 1.807) is 55.6 Å². The molecular formula is C16H16O4S. The summed E-state index contributed by atoms with van der Waals surface area (Å²) < 4.78 is 17.4. The van der Waals surface area contributed by atoms with Crippen LogP contribution in [0.3, 0.4) is 0 Å². The fraction of sp³-hybridized carbons (Fsp3) is 0.188. The molecule has 2 unspecified atom stereocenters. The Morgan fingerprint density at radius 3 is 2.29 bits per heavy atom. The van der Waals surface area contributed by atoms with Crippen molar-refractivity contribution in [3.8, 4) is 5.75 Å². The van der Waals surface area contributed by atoms with Gasteiger partial charge in [-0.3, -0.25) is 9.00 Å². The number of ether oxygens (including phenoxy) is 1. The van der Waals surface area contributed by atoms with Crippen molar-refractivity contribution in [3.05, 3.63) is 60.2 Å². The van der Waals surface area contributed by atoms with Crippen LogP contribution in [0.15, 0.2) is 59.5 Å². The van der Waals surface area contributed by atoms with Crippen LogP contribution < -0.4 is 4.74 Å². The molecule has 2 aromatic carbocycles. The summed E-state index contributed by atoms with van der Waals surface area (Å²) in [6.45, 7) is 0. The summed E-state index contributed by atoms with van der Waals surface area (Å²) in [6, 6.07) is 15.7. The number of benzene rings is 2. The van der Waals surface area contributed by atoms with Crippen molar-refractivity contribution in [2.75, 3.05) is 12.9 Å². The van der Waals surface area contributed by atoms with E-state index >= 15 is 0 Å². The molecule has 0 aliphatic heterocycles. The van der Waals surface area contributed by atoms with Crippen molar-refractivity contribution < 1.29 is 18.8 Å². The molecule has 0 bridgehead atoms. The maximum Gasteiger partial charge on any atom is 0.311 e. The molecule has 0 saturated carbocycles. The third-order valence-corrected chi connectivity index (χ3v) is 4.57. The van der Waals surface area contributed by atoms with E-state index in [9.17, 15) is 14.1 Å². The van der Waals surface area contributed by atoms with Crippen molar-refractivity contribution in [1.29, 1.82) is 0 Å². The van der Waals surface area contributed by atoms with E-state index in [-0.39, 0.29) is 5.75 Å². The molecule has 110 valence electrons. The van der Waals surface area contributed by atoms with Crippen LogP contribution in [0.2, 0.25) is 0 Å². The fourth-order valence-corrected chi connectivity index (χ4v) is 3.24. The van der Waals surface area contributed by atoms with E-state index in [1.807, 2.05) is 6.07 Å². The minimum Gasteiger partial charge on any atom is -0.497 e. The number of rotatable bonds is 6. The maximum absolute atomic E-state index is 12.3. The average Bonchev–Trinajstić information content (AvgIpc) is 2.53. The Bertz CT molecular complexity index is 622. The Hall–Kier alpha value is -2.14. The molecule has 0 amide bonds. The van der Waals surface area contributed by atoms with Gasteiger partial charge in [0.2, 0.25) is 0 Å². The molecule has 2 atom stereocenters. The molecular weight excluding hydrogens is 288 g/mol. The molecule has 0 heterocycles. The van der Waals surface area contributed by atoms with Crippen LogP contribution >= 0.6 is 0 Å². The third-order valence-electron chi connectivity index (χ3n) is 3.14. The summed E-state index contributed by atoms with van der Waals surface area (Å²) in [5.74, 6) is -1.03. The van der Waals surface area contributed by atoms with Crippen LogP contribution in [0.5, 0.6) is 5.75 Å². The molecule has 0 spiro atoms. The van der Waals surface area contributed by atoms with Crippen molar-refractivity contribution in [2.24, 2.45) is 0 Å². The summed E-state index contributed by atoms with van der Waals surface area (Å²) in [4.78, 5) is 12.0. The largest absolute Gasteiger partial charge is 0.497 e. The average molecular weight is 304 g/mol. The van der Waals surface area contributed by atoms with Crippen LogP contribution in [0.25, 0.3) is 0 Å². The quantitative estimate of drug-likeness (QED) is 0.891. The van der Waals surface area contributed by atoms with Crippen molar-refractivity contribution in [1.82, 2.24) is 0 Å². The number of methoxy groups -OCH3 is 1. The lowest BCUT2D eigenvalue weighted by atomic mass is 10.0. The fourth-order valence-electron chi connectivity index (χ4n) is 1.97. The summed E-state index contributed by atoms with van der Waals surface area (Å²) >= 11 is 0. The number of carboxylic acids is 1. The third kappa shape index (κ3) is 3.92. The Morgan fingerprint density at radius 1 is 1.14 bits per heavy atom. The number of hydrogen-bond acceptors (Lipinski definition) is 3. The monoisotopic (exact) mass is 304 g/mol. The minimum absolute atomic E-state index is 0.0473. The van der Waals surface area contributed by atoms with Crippen LogP contribution in [0.4, 0.5) is 0 Å². The van der Waals surface area contributed by atoms with Crippen LogP contribution in [0, 0.1) is 0 Å². The van der Waals surface area contributed by atoms with Gasteiger partial charge in [0, 0.05) is 10.6 Å². The molecule has 0 aliphatic rings. The van der Waals surface area contributed by atoms with E-state index in [4.69, 9.17) is 4.74 Å². The second-order valence-electron chi connectivity index (χ2n) is 4.49. The first-order valence-electron chi connectivity index (χ1n) is 6.42. The Morgan fingerprint density at radius 2 is 1.76 bits per heavy atom. The molecule has 1 N–H and O–H groups in total. The zero-order valence-electron chi connectivity index (χ0n) is 11.6. The summed E-state index contributed by atoms with van der Waals surface area (Å²) in [6.07, 6.45) is 0. The highest BCUT2D eigenvalue weighted by atomic mass is 32.2. The van der Waals surface area contributed by atoms with Crippen molar-refractivity contribution in [3.63, 3.8) is 0 Å². The van der Waals surface area contributed by atoms with E-state index in [0.29, 0.717) is 16.2 Å². The van der Waals surface area contributed by atoms with Gasteiger partial charge in [-0.15, -0.1) is 0 Å². The lowest BCUT2D eigenvalue weighted by Gasteiger charge is -2.12. The number of carbonyl (C=O) groups is 1. The van der Waals surface area contributed by atoms with Crippen molar-refractivity contribution >= 4 is 16.8 Å². The van der Waals surface area contributed by atoms with Crippen LogP contribution in [-0.4, -0.2) is 28.1 Å². The van der Waals surface area contributed by atoms with Gasteiger partial charge in [-0.2, -0.15) is 0 Å². The molecule has 5 heteroatoms. The number of carboxylic acid groups (broad SMARTS) is 1. The van der Waals surface area contributed by atoms with Gasteiger partial charge in [-0.1, -0.05) is 30.3 Å². The van der Waals surface area contributed by atoms with E-state index in [1.165, 1.54) is 0 Å². The Balaban J connectivity index is 2.16. The van der Waals surface area contributed by atoms with Gasteiger partial charge in [0.1, 0.15) is 5.75 Å². The van der Waals surface area contributed by atoms with Gasteiger partial charge in [0.15, 0.2) is 0 Å². The Kier molecular flexibility index (Phi) is 5.11. The lowest BCUT2D eigenvalue weighted by molar-refractivity contribution is -0.138. The summed E-state index contributed by atoms with van der Waals surface area (Å²) in [7, 11) is 0.176. The standard InChI is InChI=1S/C16H16O4S/c1-20-13-7-9-14(10-8-13)21(19)11-15(16(17)18)12-5-3-2-4-6-12/h2-10,15H,11H2,1H3,(H,17,18). The van der Waals surface area contributed by atoms with E-state index in [2.05, 4.69) is 0 Å². The first-order chi connectivity index (χ1) is 10.1. The highest BCUT2D eigenvalue weighted by Crippen LogP contribution is 2.21. The smallest absolute Gasteiger partial charge is 0.311 e. The van der Waals surface area contributed by atoms with Gasteiger partial charge in [0.25, 0.3) is 0 Å². The summed E-state index contributed by atoms with van der Waals surface area (Å²) in [5, 5.41) is 9.35. The van der Waals surface area contributed by atoms with Crippen molar-refractivity contribution in [2.45, 2.75) is 10.8 Å². The molecule has 2 rings (SSSR count). The topological polar surface area (TPSA) is 63.6 Å². The maximum atomic E-state index is 12.3. The molecule has 21 heavy (non-hydrogen) atoms. The Labute approximate surface area is 125 Å². The minimum atomic E-state index is -1.38. The van der Waals surface area contributed by atoms with Gasteiger partial charge in [-0.25, -0.2) is 0 Å². The van der Waals surface area contributed by atoms with Gasteiger partial charge in [0.05, 0.1) is 23.8 Å². The van der Waals surface area contributed by atoms with Gasteiger partial charge in [-0.05, 0) is 29.8 Å². The molecule has 0 radical (unpaired) electrons. The molecule has 2 aromatic rings. The molecule has 0 fully saturated rings.